The molecule has 1 radical (unpaired) electrons. The Bertz CT molecular complexity index is 833. The number of carbonyl (C=O) groups is 1. The molecule has 0 fully saturated rings. The van der Waals surface area contributed by atoms with Crippen molar-refractivity contribution in [3.05, 3.63) is 17.7 Å². The molecule has 10 heteroatoms. The van der Waals surface area contributed by atoms with Crippen LogP contribution in [0.25, 0.3) is 6.08 Å². The summed E-state index contributed by atoms with van der Waals surface area (Å²) in [5, 5.41) is 0.800. The SMILES string of the molecule is CC[Si](C)(C)O[Si](O[Si](C)(C)C)c1cc(/C=C/C(=O)OCCC(C)C)c(OC)c(OC)c1OC. The Kier molecular flexibility index (Phi) is 12.1. The Labute approximate surface area is 209 Å². The van der Waals surface area contributed by atoms with Crippen LogP contribution in [-0.2, 0) is 17.8 Å². The maximum Gasteiger partial charge on any atom is 0.405 e. The first-order valence-corrected chi connectivity index (χ1v) is 19.6. The van der Waals surface area contributed by atoms with Crippen molar-refractivity contribution in [2.24, 2.45) is 5.92 Å². The fraction of sp³-hybridized carbons (Fsp3) is 0.625. The zero-order chi connectivity index (χ0) is 26.1. The van der Waals surface area contributed by atoms with E-state index < -0.39 is 31.9 Å². The lowest BCUT2D eigenvalue weighted by molar-refractivity contribution is -0.137. The highest BCUT2D eigenvalue weighted by molar-refractivity contribution is 6.85. The predicted octanol–water partition coefficient (Wildman–Crippen LogP) is 5.10. The van der Waals surface area contributed by atoms with Gasteiger partial charge in [-0.25, -0.2) is 4.79 Å². The molecule has 7 nitrogen and oxygen atoms in total. The van der Waals surface area contributed by atoms with Crippen LogP contribution in [0.4, 0.5) is 0 Å². The van der Waals surface area contributed by atoms with E-state index >= 15 is 0 Å². The van der Waals surface area contributed by atoms with E-state index in [4.69, 9.17) is 27.2 Å². The minimum atomic E-state index is -1.96. The fourth-order valence-electron chi connectivity index (χ4n) is 2.85. The third-order valence-electron chi connectivity index (χ3n) is 5.01. The molecule has 0 spiro atoms. The summed E-state index contributed by atoms with van der Waals surface area (Å²) in [4.78, 5) is 12.3. The lowest BCUT2D eigenvalue weighted by Gasteiger charge is -2.32. The van der Waals surface area contributed by atoms with Crippen LogP contribution in [0, 0.1) is 5.92 Å². The summed E-state index contributed by atoms with van der Waals surface area (Å²) in [6.45, 7) is 17.5. The van der Waals surface area contributed by atoms with Gasteiger partial charge >= 0.3 is 15.3 Å². The van der Waals surface area contributed by atoms with Crippen molar-refractivity contribution < 1.29 is 32.0 Å². The van der Waals surface area contributed by atoms with Gasteiger partial charge in [0, 0.05) is 16.8 Å². The Balaban J connectivity index is 3.56. The van der Waals surface area contributed by atoms with Crippen molar-refractivity contribution in [1.29, 1.82) is 0 Å². The van der Waals surface area contributed by atoms with Crippen molar-refractivity contribution in [2.75, 3.05) is 27.9 Å². The zero-order valence-corrected chi connectivity index (χ0v) is 25.8. The highest BCUT2D eigenvalue weighted by Gasteiger charge is 2.37. The van der Waals surface area contributed by atoms with E-state index in [1.54, 1.807) is 27.4 Å². The Hall–Kier alpha value is -1.60. The van der Waals surface area contributed by atoms with E-state index in [1.165, 1.54) is 6.08 Å². The largest absolute Gasteiger partial charge is 0.493 e. The van der Waals surface area contributed by atoms with E-state index in [1.807, 2.05) is 6.07 Å². The summed E-state index contributed by atoms with van der Waals surface area (Å²) >= 11 is 0. The molecule has 0 aliphatic carbocycles. The summed E-state index contributed by atoms with van der Waals surface area (Å²) in [6.07, 6.45) is 3.90. The van der Waals surface area contributed by atoms with Crippen molar-refractivity contribution in [3.8, 4) is 17.2 Å². The molecule has 0 bridgehead atoms. The van der Waals surface area contributed by atoms with Crippen LogP contribution in [0.3, 0.4) is 0 Å². The molecule has 0 N–H and O–H groups in total. The maximum absolute atomic E-state index is 12.3. The second-order valence-corrected chi connectivity index (χ2v) is 21.2. The van der Waals surface area contributed by atoms with Crippen LogP contribution in [-0.4, -0.2) is 59.8 Å². The van der Waals surface area contributed by atoms with Gasteiger partial charge in [0.15, 0.2) is 28.1 Å². The normalized spacial score (nSPS) is 12.5. The van der Waals surface area contributed by atoms with Gasteiger partial charge < -0.3 is 27.2 Å². The molecule has 0 atom stereocenters. The van der Waals surface area contributed by atoms with Crippen LogP contribution in [0.5, 0.6) is 17.2 Å². The average Bonchev–Trinajstić information content (AvgIpc) is 2.74. The van der Waals surface area contributed by atoms with E-state index in [0.29, 0.717) is 35.3 Å². The van der Waals surface area contributed by atoms with E-state index in [0.717, 1.165) is 17.7 Å². The number of rotatable bonds is 14. The summed E-state index contributed by atoms with van der Waals surface area (Å²) in [5.74, 6) is 1.50. The molecule has 0 heterocycles. The highest BCUT2D eigenvalue weighted by atomic mass is 28.4. The molecule has 1 aromatic carbocycles. The second kappa shape index (κ2) is 13.5. The summed E-state index contributed by atoms with van der Waals surface area (Å²) < 4.78 is 35.7. The summed E-state index contributed by atoms with van der Waals surface area (Å²) in [6, 6.07) is 2.88. The fourth-order valence-corrected chi connectivity index (χ4v) is 9.76. The first-order valence-electron chi connectivity index (χ1n) is 11.7. The number of esters is 1. The first kappa shape index (κ1) is 30.4. The maximum atomic E-state index is 12.3. The number of methoxy groups -OCH3 is 3. The molecule has 0 aliphatic rings. The molecule has 0 unspecified atom stereocenters. The minimum Gasteiger partial charge on any atom is -0.493 e. The first-order chi connectivity index (χ1) is 15.8. The standard InChI is InChI=1S/C24H43O7Si3/c1-12-34(10,11)31-32(30-33(7,8)9)20-17-19(13-14-21(25)29-16-15-18(2)3)22(26-4)24(28-6)23(20)27-5/h13-14,17-18H,12,15-16H2,1-11H3/b14-13+. The average molecular weight is 528 g/mol. The molecule has 0 aliphatic heterocycles. The van der Waals surface area contributed by atoms with Crippen LogP contribution in [0.15, 0.2) is 12.1 Å². The summed E-state index contributed by atoms with van der Waals surface area (Å²) in [5.41, 5.74) is 0.664. The Morgan fingerprint density at radius 3 is 2.03 bits per heavy atom. The molecule has 0 saturated carbocycles. The quantitative estimate of drug-likeness (QED) is 0.189. The van der Waals surface area contributed by atoms with Crippen molar-refractivity contribution in [2.45, 2.75) is 66.0 Å². The second-order valence-electron chi connectivity index (χ2n) is 10.0. The predicted molar refractivity (Wildman–Crippen MR) is 144 cm³/mol. The topological polar surface area (TPSA) is 72.5 Å². The Morgan fingerprint density at radius 2 is 1.56 bits per heavy atom. The third kappa shape index (κ3) is 9.57. The van der Waals surface area contributed by atoms with Crippen molar-refractivity contribution in [1.82, 2.24) is 0 Å². The van der Waals surface area contributed by atoms with E-state index in [2.05, 4.69) is 53.5 Å². The molecular weight excluding hydrogens is 485 g/mol. The van der Waals surface area contributed by atoms with Gasteiger partial charge in [-0.05, 0) is 63.3 Å². The van der Waals surface area contributed by atoms with Gasteiger partial charge in [-0.2, -0.15) is 0 Å². The van der Waals surface area contributed by atoms with Gasteiger partial charge in [0.1, 0.15) is 0 Å². The van der Waals surface area contributed by atoms with Gasteiger partial charge in [-0.15, -0.1) is 0 Å². The molecule has 0 amide bonds. The number of carbonyl (C=O) groups excluding carboxylic acids is 1. The smallest absolute Gasteiger partial charge is 0.405 e. The molecule has 0 aromatic heterocycles. The molecule has 1 rings (SSSR count). The zero-order valence-electron chi connectivity index (χ0n) is 22.8. The van der Waals surface area contributed by atoms with E-state index in [9.17, 15) is 4.79 Å². The monoisotopic (exact) mass is 527 g/mol. The number of hydrogen-bond acceptors (Lipinski definition) is 7. The lowest BCUT2D eigenvalue weighted by atomic mass is 10.1. The molecule has 1 aromatic rings. The molecular formula is C24H43O7Si3. The van der Waals surface area contributed by atoms with Gasteiger partial charge in [0.2, 0.25) is 5.75 Å². The van der Waals surface area contributed by atoms with Crippen LogP contribution in [0.1, 0.15) is 32.8 Å². The molecule has 193 valence electrons. The van der Waals surface area contributed by atoms with Gasteiger partial charge in [0.25, 0.3) is 0 Å². The summed E-state index contributed by atoms with van der Waals surface area (Å²) in [7, 11) is -1.12. The number of hydrogen-bond donors (Lipinski definition) is 0. The number of ether oxygens (including phenoxy) is 4. The lowest BCUT2D eigenvalue weighted by Crippen LogP contribution is -2.51. The molecule has 34 heavy (non-hydrogen) atoms. The minimum absolute atomic E-state index is 0.386. The van der Waals surface area contributed by atoms with Gasteiger partial charge in [-0.1, -0.05) is 20.8 Å². The van der Waals surface area contributed by atoms with Crippen molar-refractivity contribution >= 4 is 43.2 Å². The van der Waals surface area contributed by atoms with Crippen molar-refractivity contribution in [3.63, 3.8) is 0 Å². The van der Waals surface area contributed by atoms with Gasteiger partial charge in [-0.3, -0.25) is 0 Å². The third-order valence-corrected chi connectivity index (χ3v) is 13.7. The highest BCUT2D eigenvalue weighted by Crippen LogP contribution is 2.40. The van der Waals surface area contributed by atoms with Gasteiger partial charge in [0.05, 0.1) is 27.9 Å². The Morgan fingerprint density at radius 1 is 0.971 bits per heavy atom. The van der Waals surface area contributed by atoms with Crippen LogP contribution >= 0.6 is 0 Å². The number of benzene rings is 1. The van der Waals surface area contributed by atoms with Crippen LogP contribution < -0.4 is 19.4 Å². The molecule has 0 saturated heterocycles. The van der Waals surface area contributed by atoms with Crippen LogP contribution in [0.2, 0.25) is 38.8 Å². The van der Waals surface area contributed by atoms with E-state index in [-0.39, 0.29) is 0 Å².